The smallest absolute Gasteiger partial charge is 0.310 e. The third-order valence-electron chi connectivity index (χ3n) is 4.54. The average Bonchev–Trinajstić information content (AvgIpc) is 2.66. The molecular weight excluding hydrogens is 415 g/mol. The molecule has 0 aliphatic carbocycles. The van der Waals surface area contributed by atoms with Crippen molar-refractivity contribution in [1.29, 1.82) is 0 Å². The molecule has 3 rings (SSSR count). The van der Waals surface area contributed by atoms with Crippen molar-refractivity contribution in [3.05, 3.63) is 99.0 Å². The van der Waals surface area contributed by atoms with Crippen molar-refractivity contribution in [2.45, 2.75) is 19.8 Å². The minimum atomic E-state index is -3.87. The second-order valence-corrected chi connectivity index (χ2v) is 9.10. The van der Waals surface area contributed by atoms with Crippen LogP contribution in [0.2, 0.25) is 10.0 Å². The van der Waals surface area contributed by atoms with Gasteiger partial charge in [-0.05, 0) is 48.2 Å². The molecule has 0 saturated heterocycles. The minimum Gasteiger partial charge on any atom is -0.382 e. The lowest BCUT2D eigenvalue weighted by molar-refractivity contribution is 0.479. The van der Waals surface area contributed by atoms with E-state index in [4.69, 9.17) is 27.4 Å². The Labute approximate surface area is 176 Å². The summed E-state index contributed by atoms with van der Waals surface area (Å²) in [5.41, 5.74) is 3.16. The fourth-order valence-corrected chi connectivity index (χ4v) is 4.78. The Hall–Kier alpha value is -2.01. The van der Waals surface area contributed by atoms with E-state index < -0.39 is 16.0 Å². The number of hydrogen-bond donors (Lipinski definition) is 0. The van der Waals surface area contributed by atoms with Crippen molar-refractivity contribution in [2.75, 3.05) is 5.75 Å². The van der Waals surface area contributed by atoms with Crippen LogP contribution < -0.4 is 4.18 Å². The van der Waals surface area contributed by atoms with Gasteiger partial charge < -0.3 is 4.18 Å². The van der Waals surface area contributed by atoms with Gasteiger partial charge in [0.25, 0.3) is 0 Å². The SMILES string of the molecule is Cc1cccc(C)c1OS(=O)(=O)C[C@H](c1ccccc1)c1ccc(Cl)c(Cl)c1. The summed E-state index contributed by atoms with van der Waals surface area (Å²) in [6, 6.07) is 20.1. The van der Waals surface area contributed by atoms with E-state index >= 15 is 0 Å². The largest absolute Gasteiger partial charge is 0.382 e. The molecule has 3 aromatic rings. The van der Waals surface area contributed by atoms with Gasteiger partial charge in [-0.2, -0.15) is 8.42 Å². The maximum absolute atomic E-state index is 12.9. The summed E-state index contributed by atoms with van der Waals surface area (Å²) in [4.78, 5) is 0. The van der Waals surface area contributed by atoms with E-state index in [1.165, 1.54) is 0 Å². The number of aryl methyl sites for hydroxylation is 2. The Bertz CT molecular complexity index is 1060. The molecule has 0 unspecified atom stereocenters. The fourth-order valence-electron chi connectivity index (χ4n) is 3.10. The first-order chi connectivity index (χ1) is 13.3. The molecule has 0 aromatic heterocycles. The Morgan fingerprint density at radius 2 is 1.46 bits per heavy atom. The standard InChI is InChI=1S/C22H20Cl2O3S/c1-15-7-6-8-16(2)22(15)27-28(25,26)14-19(17-9-4-3-5-10-17)18-11-12-20(23)21(24)13-18/h3-13,19H,14H2,1-2H3/t19-/m1/s1. The third-order valence-corrected chi connectivity index (χ3v) is 6.44. The van der Waals surface area contributed by atoms with Gasteiger partial charge in [-0.3, -0.25) is 0 Å². The number of hydrogen-bond acceptors (Lipinski definition) is 3. The van der Waals surface area contributed by atoms with Crippen LogP contribution in [0.15, 0.2) is 66.7 Å². The lowest BCUT2D eigenvalue weighted by Crippen LogP contribution is -2.21. The van der Waals surface area contributed by atoms with Gasteiger partial charge in [0.15, 0.2) is 0 Å². The molecule has 3 nitrogen and oxygen atoms in total. The maximum atomic E-state index is 12.9. The highest BCUT2D eigenvalue weighted by molar-refractivity contribution is 7.87. The number of para-hydroxylation sites is 1. The first-order valence-corrected chi connectivity index (χ1v) is 11.1. The van der Waals surface area contributed by atoms with E-state index in [1.54, 1.807) is 18.2 Å². The molecule has 0 aliphatic heterocycles. The van der Waals surface area contributed by atoms with Gasteiger partial charge in [0.2, 0.25) is 0 Å². The summed E-state index contributed by atoms with van der Waals surface area (Å²) in [5, 5.41) is 0.806. The van der Waals surface area contributed by atoms with Crippen LogP contribution in [-0.2, 0) is 10.1 Å². The van der Waals surface area contributed by atoms with Gasteiger partial charge in [0, 0.05) is 5.92 Å². The zero-order valence-corrected chi connectivity index (χ0v) is 17.9. The van der Waals surface area contributed by atoms with Crippen LogP contribution in [0.5, 0.6) is 5.75 Å². The summed E-state index contributed by atoms with van der Waals surface area (Å²) in [6.45, 7) is 3.65. The molecule has 0 radical (unpaired) electrons. The molecule has 0 amide bonds. The van der Waals surface area contributed by atoms with E-state index in [-0.39, 0.29) is 5.75 Å². The summed E-state index contributed by atoms with van der Waals surface area (Å²) in [5.74, 6) is -0.281. The third kappa shape index (κ3) is 4.88. The van der Waals surface area contributed by atoms with Crippen molar-refractivity contribution >= 4 is 33.3 Å². The van der Waals surface area contributed by atoms with E-state index in [0.717, 1.165) is 22.3 Å². The number of benzene rings is 3. The molecule has 0 fully saturated rings. The quantitative estimate of drug-likeness (QED) is 0.436. The first-order valence-electron chi connectivity index (χ1n) is 8.75. The molecule has 0 saturated carbocycles. The van der Waals surface area contributed by atoms with Crippen LogP contribution in [-0.4, -0.2) is 14.2 Å². The minimum absolute atomic E-state index is 0.219. The Morgan fingerprint density at radius 3 is 2.07 bits per heavy atom. The topological polar surface area (TPSA) is 43.4 Å². The van der Waals surface area contributed by atoms with Crippen molar-refractivity contribution in [2.24, 2.45) is 0 Å². The second kappa shape index (κ2) is 8.56. The number of rotatable bonds is 6. The zero-order chi connectivity index (χ0) is 20.3. The average molecular weight is 435 g/mol. The molecule has 0 bridgehead atoms. The first kappa shape index (κ1) is 20.7. The van der Waals surface area contributed by atoms with Crippen LogP contribution in [0.4, 0.5) is 0 Å². The highest BCUT2D eigenvalue weighted by Gasteiger charge is 2.25. The highest BCUT2D eigenvalue weighted by atomic mass is 35.5. The summed E-state index contributed by atoms with van der Waals surface area (Å²) < 4.78 is 31.4. The normalized spacial score (nSPS) is 12.6. The van der Waals surface area contributed by atoms with E-state index in [2.05, 4.69) is 0 Å². The van der Waals surface area contributed by atoms with Crippen molar-refractivity contribution in [1.82, 2.24) is 0 Å². The molecule has 0 N–H and O–H groups in total. The van der Waals surface area contributed by atoms with E-state index in [0.29, 0.717) is 15.8 Å². The molecule has 1 atom stereocenters. The molecule has 146 valence electrons. The highest BCUT2D eigenvalue weighted by Crippen LogP contribution is 2.32. The maximum Gasteiger partial charge on any atom is 0.310 e. The molecule has 28 heavy (non-hydrogen) atoms. The second-order valence-electron chi connectivity index (χ2n) is 6.67. The van der Waals surface area contributed by atoms with Gasteiger partial charge in [-0.1, -0.05) is 77.8 Å². The van der Waals surface area contributed by atoms with Crippen molar-refractivity contribution in [3.63, 3.8) is 0 Å². The molecule has 0 aliphatic rings. The zero-order valence-electron chi connectivity index (χ0n) is 15.5. The Balaban J connectivity index is 1.98. The van der Waals surface area contributed by atoms with E-state index in [1.807, 2.05) is 62.4 Å². The van der Waals surface area contributed by atoms with Gasteiger partial charge in [0.05, 0.1) is 15.8 Å². The summed E-state index contributed by atoms with van der Waals surface area (Å²) in [6.07, 6.45) is 0. The lowest BCUT2D eigenvalue weighted by atomic mass is 9.93. The Kier molecular flexibility index (Phi) is 6.33. The van der Waals surface area contributed by atoms with Crippen LogP contribution >= 0.6 is 23.2 Å². The van der Waals surface area contributed by atoms with Crippen molar-refractivity contribution < 1.29 is 12.6 Å². The van der Waals surface area contributed by atoms with Crippen molar-refractivity contribution in [3.8, 4) is 5.75 Å². The molecule has 0 spiro atoms. The van der Waals surface area contributed by atoms with Crippen LogP contribution in [0.25, 0.3) is 0 Å². The van der Waals surface area contributed by atoms with Gasteiger partial charge in [0.1, 0.15) is 5.75 Å². The van der Waals surface area contributed by atoms with E-state index in [9.17, 15) is 8.42 Å². The molecule has 0 heterocycles. The summed E-state index contributed by atoms with van der Waals surface area (Å²) in [7, 11) is -3.87. The predicted molar refractivity (Wildman–Crippen MR) is 115 cm³/mol. The Morgan fingerprint density at radius 1 is 0.821 bits per heavy atom. The molecular formula is C22H20Cl2O3S. The van der Waals surface area contributed by atoms with Crippen LogP contribution in [0.3, 0.4) is 0 Å². The van der Waals surface area contributed by atoms with Gasteiger partial charge in [-0.25, -0.2) is 0 Å². The van der Waals surface area contributed by atoms with Crippen LogP contribution in [0, 0.1) is 13.8 Å². The monoisotopic (exact) mass is 434 g/mol. The van der Waals surface area contributed by atoms with Gasteiger partial charge in [-0.15, -0.1) is 0 Å². The molecule has 6 heteroatoms. The lowest BCUT2D eigenvalue weighted by Gasteiger charge is -2.20. The van der Waals surface area contributed by atoms with Crippen LogP contribution in [0.1, 0.15) is 28.2 Å². The molecule has 3 aromatic carbocycles. The number of halogens is 2. The van der Waals surface area contributed by atoms with Gasteiger partial charge >= 0.3 is 10.1 Å². The fraction of sp³-hybridized carbons (Fsp3) is 0.182. The summed E-state index contributed by atoms with van der Waals surface area (Å²) >= 11 is 12.2. The predicted octanol–water partition coefficient (Wildman–Crippen LogP) is 6.15.